The second-order valence-corrected chi connectivity index (χ2v) is 5.58. The van der Waals surface area contributed by atoms with Crippen molar-refractivity contribution in [2.45, 2.75) is 6.42 Å². The quantitative estimate of drug-likeness (QED) is 0.591. The molecule has 0 saturated carbocycles. The van der Waals surface area contributed by atoms with Crippen LogP contribution in [0.3, 0.4) is 0 Å². The lowest BCUT2D eigenvalue weighted by Crippen LogP contribution is -2.46. The number of esters is 1. The van der Waals surface area contributed by atoms with E-state index in [1.165, 1.54) is 25.2 Å². The molecule has 0 aliphatic carbocycles. The summed E-state index contributed by atoms with van der Waals surface area (Å²) in [5.74, 6) is -1.39. The summed E-state index contributed by atoms with van der Waals surface area (Å²) in [6, 6.07) is 4.62. The first-order valence-electron chi connectivity index (χ1n) is 5.99. The molecule has 21 heavy (non-hydrogen) atoms. The number of hydrazine groups is 1. The Morgan fingerprint density at radius 3 is 2.86 bits per heavy atom. The summed E-state index contributed by atoms with van der Waals surface area (Å²) in [5, 5.41) is 4.06. The molecule has 1 aliphatic heterocycles. The zero-order valence-corrected chi connectivity index (χ0v) is 13.5. The summed E-state index contributed by atoms with van der Waals surface area (Å²) >= 11 is 1.99. The van der Waals surface area contributed by atoms with E-state index in [2.05, 4.69) is 15.5 Å². The Kier molecular flexibility index (Phi) is 4.66. The van der Waals surface area contributed by atoms with Crippen molar-refractivity contribution >= 4 is 40.2 Å². The van der Waals surface area contributed by atoms with E-state index < -0.39 is 11.8 Å². The fourth-order valence-corrected chi connectivity index (χ4v) is 2.40. The first kappa shape index (κ1) is 15.5. The average molecular weight is 405 g/mol. The van der Waals surface area contributed by atoms with Crippen molar-refractivity contribution in [1.82, 2.24) is 10.4 Å². The summed E-state index contributed by atoms with van der Waals surface area (Å²) in [6.07, 6.45) is -0.0692. The van der Waals surface area contributed by atoms with Crippen molar-refractivity contribution in [1.29, 1.82) is 0 Å². The fourth-order valence-electron chi connectivity index (χ4n) is 1.94. The van der Waals surface area contributed by atoms with Gasteiger partial charge in [0.15, 0.2) is 5.70 Å². The van der Waals surface area contributed by atoms with E-state index in [1.807, 2.05) is 22.6 Å². The molecular formula is C13H13FIN3O3. The zero-order chi connectivity index (χ0) is 15.6. The van der Waals surface area contributed by atoms with Crippen LogP contribution in [0.1, 0.15) is 6.42 Å². The number of amides is 1. The second kappa shape index (κ2) is 6.29. The molecule has 1 amide bonds. The maximum absolute atomic E-state index is 13.9. The Bertz CT molecular complexity index is 633. The molecule has 1 heterocycles. The number of anilines is 1. The highest BCUT2D eigenvalue weighted by molar-refractivity contribution is 14.1. The first-order chi connectivity index (χ1) is 9.92. The second-order valence-electron chi connectivity index (χ2n) is 4.34. The van der Waals surface area contributed by atoms with Crippen LogP contribution in [-0.2, 0) is 14.3 Å². The number of hydrogen-bond acceptors (Lipinski definition) is 5. The largest absolute Gasteiger partial charge is 0.464 e. The molecule has 1 aromatic rings. The third kappa shape index (κ3) is 3.43. The van der Waals surface area contributed by atoms with Gasteiger partial charge in [-0.1, -0.05) is 0 Å². The molecule has 0 radical (unpaired) electrons. The third-order valence-corrected chi connectivity index (χ3v) is 3.52. The van der Waals surface area contributed by atoms with E-state index in [-0.39, 0.29) is 29.4 Å². The van der Waals surface area contributed by atoms with Crippen LogP contribution >= 0.6 is 22.6 Å². The van der Waals surface area contributed by atoms with Crippen molar-refractivity contribution in [3.05, 3.63) is 39.0 Å². The lowest BCUT2D eigenvalue weighted by atomic mass is 10.2. The SMILES string of the molecule is COC(=O)C1=C(Nc2ccc(I)cc2F)CC(=O)NN1C. The molecule has 2 N–H and O–H groups in total. The van der Waals surface area contributed by atoms with Gasteiger partial charge in [-0.2, -0.15) is 0 Å². The fraction of sp³-hybridized carbons (Fsp3) is 0.231. The lowest BCUT2D eigenvalue weighted by Gasteiger charge is -2.29. The Labute approximate surface area is 134 Å². The normalized spacial score (nSPS) is 14.9. The molecule has 112 valence electrons. The topological polar surface area (TPSA) is 70.7 Å². The van der Waals surface area contributed by atoms with Gasteiger partial charge in [0.2, 0.25) is 5.91 Å². The van der Waals surface area contributed by atoms with E-state index in [1.54, 1.807) is 12.1 Å². The maximum atomic E-state index is 13.9. The summed E-state index contributed by atoms with van der Waals surface area (Å²) < 4.78 is 19.3. The van der Waals surface area contributed by atoms with E-state index >= 15 is 0 Å². The van der Waals surface area contributed by atoms with Gasteiger partial charge < -0.3 is 10.1 Å². The van der Waals surface area contributed by atoms with Crippen molar-refractivity contribution in [3.8, 4) is 0 Å². The minimum atomic E-state index is -0.620. The molecule has 2 rings (SSSR count). The molecule has 0 bridgehead atoms. The zero-order valence-electron chi connectivity index (χ0n) is 11.4. The molecule has 6 nitrogen and oxygen atoms in total. The van der Waals surface area contributed by atoms with Crippen molar-refractivity contribution in [3.63, 3.8) is 0 Å². The summed E-state index contributed by atoms with van der Waals surface area (Å²) in [7, 11) is 2.75. The van der Waals surface area contributed by atoms with Gasteiger partial charge >= 0.3 is 5.97 Å². The number of benzene rings is 1. The Balaban J connectivity index is 2.40. The Hall–Kier alpha value is -1.84. The van der Waals surface area contributed by atoms with Crippen LogP contribution in [0.5, 0.6) is 0 Å². The van der Waals surface area contributed by atoms with E-state index in [0.717, 1.165) is 3.57 Å². The molecule has 1 aliphatic rings. The number of hydrogen-bond donors (Lipinski definition) is 2. The van der Waals surface area contributed by atoms with Crippen molar-refractivity contribution in [2.24, 2.45) is 0 Å². The number of likely N-dealkylation sites (N-methyl/N-ethyl adjacent to an activating group) is 1. The van der Waals surface area contributed by atoms with E-state index in [0.29, 0.717) is 0 Å². The number of methoxy groups -OCH3 is 1. The summed E-state index contributed by atoms with van der Waals surface area (Å²) in [4.78, 5) is 23.4. The molecule has 0 aromatic heterocycles. The monoisotopic (exact) mass is 405 g/mol. The van der Waals surface area contributed by atoms with Gasteiger partial charge in [0.1, 0.15) is 5.82 Å². The van der Waals surface area contributed by atoms with E-state index in [9.17, 15) is 14.0 Å². The van der Waals surface area contributed by atoms with Gasteiger partial charge in [0, 0.05) is 10.6 Å². The van der Waals surface area contributed by atoms with Gasteiger partial charge in [0.25, 0.3) is 0 Å². The van der Waals surface area contributed by atoms with Crippen molar-refractivity contribution in [2.75, 3.05) is 19.5 Å². The van der Waals surface area contributed by atoms with Gasteiger partial charge in [-0.3, -0.25) is 15.2 Å². The number of nitrogens with one attached hydrogen (secondary N) is 2. The van der Waals surface area contributed by atoms with Crippen LogP contribution in [0.2, 0.25) is 0 Å². The van der Waals surface area contributed by atoms with Crippen LogP contribution in [0, 0.1) is 9.39 Å². The number of carbonyl (C=O) groups is 2. The first-order valence-corrected chi connectivity index (χ1v) is 7.07. The minimum absolute atomic E-state index is 0.0692. The highest BCUT2D eigenvalue weighted by Crippen LogP contribution is 2.23. The number of ether oxygens (including phenoxy) is 1. The van der Waals surface area contributed by atoms with Crippen LogP contribution < -0.4 is 10.7 Å². The van der Waals surface area contributed by atoms with Crippen LogP contribution in [0.25, 0.3) is 0 Å². The molecular weight excluding hydrogens is 392 g/mol. The highest BCUT2D eigenvalue weighted by Gasteiger charge is 2.28. The van der Waals surface area contributed by atoms with Crippen LogP contribution in [0.15, 0.2) is 29.6 Å². The number of nitrogens with zero attached hydrogens (tertiary/aromatic N) is 1. The Morgan fingerprint density at radius 1 is 1.52 bits per heavy atom. The Morgan fingerprint density at radius 2 is 2.24 bits per heavy atom. The van der Waals surface area contributed by atoms with Crippen LogP contribution in [-0.4, -0.2) is 31.0 Å². The molecule has 8 heteroatoms. The molecule has 1 aromatic carbocycles. The molecule has 0 saturated heterocycles. The highest BCUT2D eigenvalue weighted by atomic mass is 127. The lowest BCUT2D eigenvalue weighted by molar-refractivity contribution is -0.139. The predicted octanol–water partition coefficient (Wildman–Crippen LogP) is 1.59. The molecule has 0 fully saturated rings. The number of halogens is 2. The minimum Gasteiger partial charge on any atom is -0.464 e. The number of carbonyl (C=O) groups excluding carboxylic acids is 2. The smallest absolute Gasteiger partial charge is 0.358 e. The summed E-state index contributed by atoms with van der Waals surface area (Å²) in [6.45, 7) is 0. The van der Waals surface area contributed by atoms with Gasteiger partial charge in [-0.15, -0.1) is 0 Å². The summed E-state index contributed by atoms with van der Waals surface area (Å²) in [5.41, 5.74) is 3.09. The van der Waals surface area contributed by atoms with Gasteiger partial charge in [-0.05, 0) is 40.8 Å². The van der Waals surface area contributed by atoms with Gasteiger partial charge in [0.05, 0.1) is 24.9 Å². The molecule has 0 atom stereocenters. The predicted molar refractivity (Wildman–Crippen MR) is 82.3 cm³/mol. The average Bonchev–Trinajstić information content (AvgIpc) is 2.40. The maximum Gasteiger partial charge on any atom is 0.358 e. The molecule has 0 unspecified atom stereocenters. The van der Waals surface area contributed by atoms with E-state index in [4.69, 9.17) is 0 Å². The molecule has 0 spiro atoms. The third-order valence-electron chi connectivity index (χ3n) is 2.85. The van der Waals surface area contributed by atoms with Crippen molar-refractivity contribution < 1.29 is 18.7 Å². The van der Waals surface area contributed by atoms with Crippen LogP contribution in [0.4, 0.5) is 10.1 Å². The standard InChI is InChI=1S/C13H13FIN3O3/c1-18-12(13(20)21-2)10(6-11(19)17-18)16-9-4-3-7(15)5-8(9)14/h3-5,16H,6H2,1-2H3,(H,17,19). The number of rotatable bonds is 3. The van der Waals surface area contributed by atoms with Gasteiger partial charge in [-0.25, -0.2) is 9.18 Å².